The Morgan fingerprint density at radius 1 is 1.07 bits per heavy atom. The molecular weight excluding hydrogens is 381 g/mol. The molecule has 0 spiro atoms. The summed E-state index contributed by atoms with van der Waals surface area (Å²) in [4.78, 5) is 22.4. The van der Waals surface area contributed by atoms with Crippen LogP contribution in [0.25, 0.3) is 0 Å². The van der Waals surface area contributed by atoms with Gasteiger partial charge >= 0.3 is 6.18 Å². The molecule has 2 heterocycles. The summed E-state index contributed by atoms with van der Waals surface area (Å²) in [5.74, 6) is -0.0350. The van der Waals surface area contributed by atoms with Crippen LogP contribution in [-0.4, -0.2) is 33.9 Å². The molecule has 1 N–H and O–H groups in total. The molecule has 1 saturated heterocycles. The molecule has 2 aromatic rings. The minimum Gasteiger partial charge on any atom is -0.339 e. The molecule has 0 unspecified atom stereocenters. The van der Waals surface area contributed by atoms with Crippen LogP contribution in [0.2, 0.25) is 5.02 Å². The summed E-state index contributed by atoms with van der Waals surface area (Å²) in [5.41, 5.74) is -0.435. The number of alkyl halides is 3. The molecule has 0 bridgehead atoms. The van der Waals surface area contributed by atoms with Gasteiger partial charge in [0.15, 0.2) is 0 Å². The normalized spacial score (nSPS) is 15.3. The van der Waals surface area contributed by atoms with Crippen molar-refractivity contribution in [1.82, 2.24) is 14.9 Å². The Bertz CT molecular complexity index is 803. The fourth-order valence-electron chi connectivity index (χ4n) is 2.91. The summed E-state index contributed by atoms with van der Waals surface area (Å²) in [5, 5.41) is 2.31. The quantitative estimate of drug-likeness (QED) is 0.798. The number of benzene rings is 1. The molecule has 0 aliphatic carbocycles. The lowest BCUT2D eigenvalue weighted by Gasteiger charge is -2.20. The number of nitrogens with zero attached hydrogens (tertiary/aromatic N) is 3. The second kappa shape index (κ2) is 8.12. The molecule has 0 atom stereocenters. The van der Waals surface area contributed by atoms with Crippen molar-refractivity contribution in [3.05, 3.63) is 46.7 Å². The molecule has 27 heavy (non-hydrogen) atoms. The Hall–Kier alpha value is -2.35. The van der Waals surface area contributed by atoms with E-state index in [0.29, 0.717) is 18.7 Å². The van der Waals surface area contributed by atoms with Crippen molar-refractivity contribution in [3.63, 3.8) is 0 Å². The smallest absolute Gasteiger partial charge is 0.339 e. The minimum atomic E-state index is -4.56. The fraction of sp³-hybridized carbons (Fsp3) is 0.389. The highest BCUT2D eigenvalue weighted by Gasteiger charge is 2.33. The van der Waals surface area contributed by atoms with Gasteiger partial charge in [-0.15, -0.1) is 0 Å². The summed E-state index contributed by atoms with van der Waals surface area (Å²) < 4.78 is 38.8. The van der Waals surface area contributed by atoms with Gasteiger partial charge in [0.25, 0.3) is 5.91 Å². The number of carbonyl (C=O) groups excluding carboxylic acids is 1. The van der Waals surface area contributed by atoms with E-state index in [4.69, 9.17) is 11.6 Å². The van der Waals surface area contributed by atoms with Crippen LogP contribution in [-0.2, 0) is 6.18 Å². The average molecular weight is 399 g/mol. The van der Waals surface area contributed by atoms with E-state index in [1.807, 2.05) is 0 Å². The lowest BCUT2D eigenvalue weighted by molar-refractivity contribution is -0.137. The number of carbonyl (C=O) groups is 1. The van der Waals surface area contributed by atoms with Crippen molar-refractivity contribution >= 4 is 29.1 Å². The molecule has 0 radical (unpaired) electrons. The van der Waals surface area contributed by atoms with Gasteiger partial charge in [-0.2, -0.15) is 13.2 Å². The van der Waals surface area contributed by atoms with E-state index in [0.717, 1.165) is 37.8 Å². The minimum absolute atomic E-state index is 0.0952. The number of likely N-dealkylation sites (tertiary alicyclic amines) is 1. The Kier molecular flexibility index (Phi) is 5.84. The van der Waals surface area contributed by atoms with Gasteiger partial charge in [-0.3, -0.25) is 4.79 Å². The molecule has 1 amide bonds. The van der Waals surface area contributed by atoms with E-state index in [1.165, 1.54) is 18.5 Å². The van der Waals surface area contributed by atoms with Crippen molar-refractivity contribution in [1.29, 1.82) is 0 Å². The number of hydrogen-bond donors (Lipinski definition) is 1. The summed E-state index contributed by atoms with van der Waals surface area (Å²) in [6.45, 7) is 1.42. The lowest BCUT2D eigenvalue weighted by Crippen LogP contribution is -2.32. The van der Waals surface area contributed by atoms with Crippen LogP contribution in [0, 0.1) is 0 Å². The van der Waals surface area contributed by atoms with Gasteiger partial charge < -0.3 is 10.2 Å². The van der Waals surface area contributed by atoms with Gasteiger partial charge in [0.1, 0.15) is 0 Å². The average Bonchev–Trinajstić information content (AvgIpc) is 2.92. The molecular formula is C18H18ClF3N4O. The van der Waals surface area contributed by atoms with Gasteiger partial charge in [-0.25, -0.2) is 9.97 Å². The maximum Gasteiger partial charge on any atom is 0.417 e. The van der Waals surface area contributed by atoms with E-state index in [-0.39, 0.29) is 22.6 Å². The van der Waals surface area contributed by atoms with E-state index >= 15 is 0 Å². The predicted molar refractivity (Wildman–Crippen MR) is 96.1 cm³/mol. The van der Waals surface area contributed by atoms with Crippen LogP contribution < -0.4 is 5.32 Å². The molecule has 1 aliphatic heterocycles. The first-order chi connectivity index (χ1) is 12.8. The summed E-state index contributed by atoms with van der Waals surface area (Å²) in [6.07, 6.45) is 2.38. The van der Waals surface area contributed by atoms with Gasteiger partial charge in [-0.1, -0.05) is 24.4 Å². The van der Waals surface area contributed by atoms with Gasteiger partial charge in [0.05, 0.1) is 16.1 Å². The lowest BCUT2D eigenvalue weighted by atomic mass is 10.2. The molecule has 1 aliphatic rings. The van der Waals surface area contributed by atoms with Gasteiger partial charge in [0.2, 0.25) is 5.95 Å². The Morgan fingerprint density at radius 2 is 1.70 bits per heavy atom. The number of amides is 1. The summed E-state index contributed by atoms with van der Waals surface area (Å²) in [7, 11) is 0. The Labute approximate surface area is 159 Å². The second-order valence-corrected chi connectivity index (χ2v) is 6.73. The van der Waals surface area contributed by atoms with Crippen LogP contribution in [0.4, 0.5) is 24.8 Å². The highest BCUT2D eigenvalue weighted by Crippen LogP contribution is 2.36. The maximum atomic E-state index is 12.9. The molecule has 1 aromatic heterocycles. The number of aromatic nitrogens is 2. The zero-order valence-corrected chi connectivity index (χ0v) is 15.1. The molecule has 9 heteroatoms. The second-order valence-electron chi connectivity index (χ2n) is 6.32. The molecule has 144 valence electrons. The highest BCUT2D eigenvalue weighted by molar-refractivity contribution is 6.31. The largest absolute Gasteiger partial charge is 0.417 e. The van der Waals surface area contributed by atoms with Crippen molar-refractivity contribution in [3.8, 4) is 0 Å². The van der Waals surface area contributed by atoms with E-state index in [2.05, 4.69) is 15.3 Å². The SMILES string of the molecule is O=C(c1cnc(Nc2ccc(Cl)c(C(F)(F)F)c2)nc1)N1CCCCCC1. The van der Waals surface area contributed by atoms with Crippen LogP contribution in [0.5, 0.6) is 0 Å². The number of anilines is 2. The maximum absolute atomic E-state index is 12.9. The van der Waals surface area contributed by atoms with E-state index in [9.17, 15) is 18.0 Å². The molecule has 1 fully saturated rings. The number of hydrogen-bond acceptors (Lipinski definition) is 4. The van der Waals surface area contributed by atoms with Crippen molar-refractivity contribution in [2.24, 2.45) is 0 Å². The Balaban J connectivity index is 1.71. The standard InChI is InChI=1S/C18H18ClF3N4O/c19-15-6-5-13(9-14(15)18(20,21)22)25-17-23-10-12(11-24-17)16(27)26-7-3-1-2-4-8-26/h5-6,9-11H,1-4,7-8H2,(H,23,24,25). The van der Waals surface area contributed by atoms with Gasteiger partial charge in [-0.05, 0) is 31.0 Å². The third-order valence-corrected chi connectivity index (χ3v) is 4.65. The monoisotopic (exact) mass is 398 g/mol. The number of nitrogens with one attached hydrogen (secondary N) is 1. The fourth-order valence-corrected chi connectivity index (χ4v) is 3.13. The first kappa shape index (κ1) is 19.4. The van der Waals surface area contributed by atoms with Gasteiger partial charge in [0, 0.05) is 31.2 Å². The zero-order valence-electron chi connectivity index (χ0n) is 14.4. The first-order valence-corrected chi connectivity index (χ1v) is 8.97. The molecule has 1 aromatic carbocycles. The van der Waals surface area contributed by atoms with Crippen LogP contribution >= 0.6 is 11.6 Å². The zero-order chi connectivity index (χ0) is 19.4. The summed E-state index contributed by atoms with van der Waals surface area (Å²) >= 11 is 5.60. The predicted octanol–water partition coefficient (Wildman–Crippen LogP) is 4.91. The van der Waals surface area contributed by atoms with Crippen LogP contribution in [0.3, 0.4) is 0 Å². The number of rotatable bonds is 3. The summed E-state index contributed by atoms with van der Waals surface area (Å²) in [6, 6.07) is 3.45. The van der Waals surface area contributed by atoms with Crippen LogP contribution in [0.1, 0.15) is 41.6 Å². The van der Waals surface area contributed by atoms with Crippen molar-refractivity contribution in [2.75, 3.05) is 18.4 Å². The topological polar surface area (TPSA) is 58.1 Å². The van der Waals surface area contributed by atoms with Crippen LogP contribution in [0.15, 0.2) is 30.6 Å². The van der Waals surface area contributed by atoms with E-state index in [1.54, 1.807) is 4.90 Å². The third-order valence-electron chi connectivity index (χ3n) is 4.32. The molecule has 5 nitrogen and oxygen atoms in total. The van der Waals surface area contributed by atoms with E-state index < -0.39 is 11.7 Å². The van der Waals surface area contributed by atoms with Crippen molar-refractivity contribution in [2.45, 2.75) is 31.9 Å². The molecule has 0 saturated carbocycles. The highest BCUT2D eigenvalue weighted by atomic mass is 35.5. The number of halogens is 4. The first-order valence-electron chi connectivity index (χ1n) is 8.60. The van der Waals surface area contributed by atoms with Crippen molar-refractivity contribution < 1.29 is 18.0 Å². The Morgan fingerprint density at radius 3 is 2.30 bits per heavy atom. The third kappa shape index (κ3) is 4.88. The molecule has 3 rings (SSSR count).